The maximum Gasteiger partial charge on any atom is 0.00130 e. The van der Waals surface area contributed by atoms with Gasteiger partial charge in [0.2, 0.25) is 0 Å². The molecule has 0 aromatic rings. The monoisotopic (exact) mass is 171 g/mol. The van der Waals surface area contributed by atoms with Crippen LogP contribution in [0.2, 0.25) is 0 Å². The van der Waals surface area contributed by atoms with Gasteiger partial charge in [-0.25, -0.2) is 0 Å². The van der Waals surface area contributed by atoms with Gasteiger partial charge in [-0.05, 0) is 19.3 Å². The van der Waals surface area contributed by atoms with Crippen molar-refractivity contribution < 1.29 is 0 Å². The third-order valence-electron chi connectivity index (χ3n) is 2.32. The molecule has 0 aliphatic rings. The molecule has 0 spiro atoms. The second-order valence-corrected chi connectivity index (χ2v) is 4.17. The number of rotatable bonds is 7. The summed E-state index contributed by atoms with van der Waals surface area (Å²) in [6.45, 7) is 6.67. The van der Waals surface area contributed by atoms with Crippen molar-refractivity contribution in [2.45, 2.75) is 65.3 Å². The average molecular weight is 171 g/mol. The third-order valence-corrected chi connectivity index (χ3v) is 2.32. The van der Waals surface area contributed by atoms with Crippen molar-refractivity contribution in [3.63, 3.8) is 0 Å². The highest BCUT2D eigenvalue weighted by Gasteiger charge is 2.04. The van der Waals surface area contributed by atoms with Gasteiger partial charge in [0.1, 0.15) is 0 Å². The van der Waals surface area contributed by atoms with Crippen LogP contribution in [0.1, 0.15) is 59.3 Å². The molecule has 0 aromatic heterocycles. The van der Waals surface area contributed by atoms with Crippen molar-refractivity contribution in [3.8, 4) is 0 Å². The first-order valence-corrected chi connectivity index (χ1v) is 5.42. The van der Waals surface area contributed by atoms with Gasteiger partial charge in [-0.15, -0.1) is 0 Å². The fourth-order valence-corrected chi connectivity index (χ4v) is 1.67. The molecule has 0 aliphatic heterocycles. The molecular formula is C11H25N. The lowest BCUT2D eigenvalue weighted by atomic mass is 9.96. The van der Waals surface area contributed by atoms with Crippen LogP contribution in [0.5, 0.6) is 0 Å². The lowest BCUT2D eigenvalue weighted by Gasteiger charge is -2.13. The minimum Gasteiger partial charge on any atom is -0.328 e. The molecule has 0 fully saturated rings. The maximum absolute atomic E-state index is 5.72. The molecule has 12 heavy (non-hydrogen) atoms. The van der Waals surface area contributed by atoms with Gasteiger partial charge in [-0.2, -0.15) is 0 Å². The Hall–Kier alpha value is -0.0400. The summed E-state index contributed by atoms with van der Waals surface area (Å²) < 4.78 is 0. The Morgan fingerprint density at radius 2 is 1.75 bits per heavy atom. The molecule has 0 aliphatic carbocycles. The van der Waals surface area contributed by atoms with Gasteiger partial charge >= 0.3 is 0 Å². The van der Waals surface area contributed by atoms with Crippen LogP contribution >= 0.6 is 0 Å². The van der Waals surface area contributed by atoms with Gasteiger partial charge in [-0.1, -0.05) is 46.0 Å². The van der Waals surface area contributed by atoms with Crippen molar-refractivity contribution in [1.29, 1.82) is 0 Å². The molecule has 0 amide bonds. The molecule has 2 N–H and O–H groups in total. The summed E-state index contributed by atoms with van der Waals surface area (Å²) in [6.07, 6.45) is 8.07. The van der Waals surface area contributed by atoms with Gasteiger partial charge in [-0.3, -0.25) is 0 Å². The Morgan fingerprint density at radius 1 is 1.08 bits per heavy atom. The van der Waals surface area contributed by atoms with E-state index in [1.54, 1.807) is 0 Å². The summed E-state index contributed by atoms with van der Waals surface area (Å²) in [5.41, 5.74) is 5.72. The number of unbranched alkanes of at least 4 members (excludes halogenated alkanes) is 3. The Labute approximate surface area is 77.7 Å². The number of hydrogen-bond acceptors (Lipinski definition) is 1. The van der Waals surface area contributed by atoms with Crippen molar-refractivity contribution in [2.75, 3.05) is 0 Å². The Morgan fingerprint density at radius 3 is 2.25 bits per heavy atom. The smallest absolute Gasteiger partial charge is 0.00130 e. The third kappa shape index (κ3) is 8.06. The predicted octanol–water partition coefficient (Wildman–Crippen LogP) is 3.33. The van der Waals surface area contributed by atoms with Crippen LogP contribution < -0.4 is 5.73 Å². The van der Waals surface area contributed by atoms with Gasteiger partial charge in [0.15, 0.2) is 0 Å². The van der Waals surface area contributed by atoms with E-state index in [4.69, 9.17) is 5.73 Å². The molecule has 0 saturated heterocycles. The second-order valence-electron chi connectivity index (χ2n) is 4.17. The minimum absolute atomic E-state index is 0.381. The standard InChI is InChI=1S/C11H25N/c1-4-5-6-7-8-10(2)9-11(3)12/h10-11H,4-9,12H2,1-3H3. The van der Waals surface area contributed by atoms with Crippen molar-refractivity contribution in [2.24, 2.45) is 11.7 Å². The normalized spacial score (nSPS) is 16.0. The molecule has 1 heteroatoms. The van der Waals surface area contributed by atoms with E-state index in [1.165, 1.54) is 38.5 Å². The van der Waals surface area contributed by atoms with Crippen molar-refractivity contribution in [3.05, 3.63) is 0 Å². The van der Waals surface area contributed by atoms with E-state index < -0.39 is 0 Å². The second kappa shape index (κ2) is 7.60. The van der Waals surface area contributed by atoms with Gasteiger partial charge in [0.05, 0.1) is 0 Å². The Balaban J connectivity index is 3.14. The molecule has 74 valence electrons. The lowest BCUT2D eigenvalue weighted by Crippen LogP contribution is -2.18. The van der Waals surface area contributed by atoms with Crippen LogP contribution in [0.15, 0.2) is 0 Å². The van der Waals surface area contributed by atoms with E-state index in [1.807, 2.05) is 0 Å². The van der Waals surface area contributed by atoms with Crippen LogP contribution in [0.3, 0.4) is 0 Å². The predicted molar refractivity (Wildman–Crippen MR) is 56.2 cm³/mol. The highest BCUT2D eigenvalue weighted by atomic mass is 14.6. The SMILES string of the molecule is CCCCCCC(C)CC(C)N. The van der Waals surface area contributed by atoms with E-state index in [0.29, 0.717) is 6.04 Å². The summed E-state index contributed by atoms with van der Waals surface area (Å²) in [6, 6.07) is 0.381. The van der Waals surface area contributed by atoms with Crippen LogP contribution in [-0.2, 0) is 0 Å². The van der Waals surface area contributed by atoms with Crippen LogP contribution in [-0.4, -0.2) is 6.04 Å². The van der Waals surface area contributed by atoms with Gasteiger partial charge < -0.3 is 5.73 Å². The van der Waals surface area contributed by atoms with Crippen LogP contribution in [0.25, 0.3) is 0 Å². The molecular weight excluding hydrogens is 146 g/mol. The zero-order chi connectivity index (χ0) is 9.40. The summed E-state index contributed by atoms with van der Waals surface area (Å²) in [5.74, 6) is 0.821. The topological polar surface area (TPSA) is 26.0 Å². The van der Waals surface area contributed by atoms with E-state index >= 15 is 0 Å². The Kier molecular flexibility index (Phi) is 7.58. The first kappa shape index (κ1) is 12.0. The molecule has 0 saturated carbocycles. The molecule has 1 nitrogen and oxygen atoms in total. The number of nitrogens with two attached hydrogens (primary N) is 1. The highest BCUT2D eigenvalue weighted by Crippen LogP contribution is 2.14. The summed E-state index contributed by atoms with van der Waals surface area (Å²) in [5, 5.41) is 0. The molecule has 0 rings (SSSR count). The molecule has 0 bridgehead atoms. The fourth-order valence-electron chi connectivity index (χ4n) is 1.67. The fraction of sp³-hybridized carbons (Fsp3) is 1.00. The van der Waals surface area contributed by atoms with Crippen LogP contribution in [0, 0.1) is 5.92 Å². The van der Waals surface area contributed by atoms with Crippen molar-refractivity contribution >= 4 is 0 Å². The van der Waals surface area contributed by atoms with Gasteiger partial charge in [0.25, 0.3) is 0 Å². The summed E-state index contributed by atoms with van der Waals surface area (Å²) in [4.78, 5) is 0. The first-order chi connectivity index (χ1) is 5.66. The van der Waals surface area contributed by atoms with Crippen molar-refractivity contribution in [1.82, 2.24) is 0 Å². The zero-order valence-electron chi connectivity index (χ0n) is 8.97. The van der Waals surface area contributed by atoms with Crippen LogP contribution in [0.4, 0.5) is 0 Å². The molecule has 0 heterocycles. The van der Waals surface area contributed by atoms with Gasteiger partial charge in [0, 0.05) is 6.04 Å². The summed E-state index contributed by atoms with van der Waals surface area (Å²) in [7, 11) is 0. The first-order valence-electron chi connectivity index (χ1n) is 5.42. The maximum atomic E-state index is 5.72. The zero-order valence-corrected chi connectivity index (χ0v) is 8.97. The highest BCUT2D eigenvalue weighted by molar-refractivity contribution is 4.60. The Bertz CT molecular complexity index is 89.0. The number of hydrogen-bond donors (Lipinski definition) is 1. The minimum atomic E-state index is 0.381. The van der Waals surface area contributed by atoms with E-state index in [9.17, 15) is 0 Å². The van der Waals surface area contributed by atoms with E-state index in [-0.39, 0.29) is 0 Å². The molecule has 0 aromatic carbocycles. The molecule has 2 unspecified atom stereocenters. The molecule has 0 radical (unpaired) electrons. The van der Waals surface area contributed by atoms with E-state index in [0.717, 1.165) is 5.92 Å². The van der Waals surface area contributed by atoms with E-state index in [2.05, 4.69) is 20.8 Å². The summed E-state index contributed by atoms with van der Waals surface area (Å²) >= 11 is 0. The molecule has 2 atom stereocenters. The lowest BCUT2D eigenvalue weighted by molar-refractivity contribution is 0.429. The average Bonchev–Trinajstić information content (AvgIpc) is 1.97. The largest absolute Gasteiger partial charge is 0.328 e. The quantitative estimate of drug-likeness (QED) is 0.584.